The third-order valence-corrected chi connectivity index (χ3v) is 3.51. The minimum Gasteiger partial charge on any atom is -0.469 e. The number of aryl methyl sites for hydroxylation is 1. The molecule has 1 heteroatoms. The number of hydrogen-bond donors (Lipinski definition) is 0. The van der Waals surface area contributed by atoms with Gasteiger partial charge in [0.2, 0.25) is 0 Å². The molecule has 92 valence electrons. The van der Waals surface area contributed by atoms with Gasteiger partial charge in [0.15, 0.2) is 0 Å². The maximum Gasteiger partial charge on any atom is 0.107 e. The van der Waals surface area contributed by atoms with Crippen molar-refractivity contribution in [1.29, 1.82) is 0 Å². The van der Waals surface area contributed by atoms with E-state index in [1.54, 1.807) is 0 Å². The van der Waals surface area contributed by atoms with Crippen LogP contribution in [0.25, 0.3) is 0 Å². The Kier molecular flexibility index (Phi) is 4.23. The lowest BCUT2D eigenvalue weighted by Gasteiger charge is -2.35. The largest absolute Gasteiger partial charge is 0.469 e. The van der Waals surface area contributed by atoms with E-state index in [-0.39, 0.29) is 5.41 Å². The van der Waals surface area contributed by atoms with Crippen LogP contribution in [0.5, 0.6) is 0 Å². The third kappa shape index (κ3) is 2.90. The molecule has 0 saturated heterocycles. The molecule has 0 unspecified atom stereocenters. The Hall–Kier alpha value is -0.720. The van der Waals surface area contributed by atoms with Crippen molar-refractivity contribution in [2.24, 2.45) is 11.3 Å². The fourth-order valence-electron chi connectivity index (χ4n) is 2.74. The fraction of sp³-hybridized carbons (Fsp3) is 0.733. The summed E-state index contributed by atoms with van der Waals surface area (Å²) in [6.07, 6.45) is 4.31. The normalized spacial score (nSPS) is 14.4. The van der Waals surface area contributed by atoms with E-state index in [2.05, 4.69) is 47.6 Å². The second kappa shape index (κ2) is 5.07. The van der Waals surface area contributed by atoms with Gasteiger partial charge in [0.05, 0.1) is 6.26 Å². The summed E-state index contributed by atoms with van der Waals surface area (Å²) in [5.74, 6) is 2.40. The highest BCUT2D eigenvalue weighted by Gasteiger charge is 2.33. The van der Waals surface area contributed by atoms with Crippen molar-refractivity contribution >= 4 is 0 Å². The molecule has 1 heterocycles. The molecule has 1 nitrogen and oxygen atoms in total. The zero-order valence-corrected chi connectivity index (χ0v) is 11.6. The molecule has 0 spiro atoms. The predicted molar refractivity (Wildman–Crippen MR) is 69.7 cm³/mol. The summed E-state index contributed by atoms with van der Waals surface area (Å²) < 4.78 is 5.74. The van der Waals surface area contributed by atoms with E-state index in [1.807, 2.05) is 6.26 Å². The van der Waals surface area contributed by atoms with Gasteiger partial charge >= 0.3 is 0 Å². The van der Waals surface area contributed by atoms with E-state index in [9.17, 15) is 0 Å². The summed E-state index contributed by atoms with van der Waals surface area (Å²) in [4.78, 5) is 0. The lowest BCUT2D eigenvalue weighted by molar-refractivity contribution is 0.195. The molecule has 1 aromatic rings. The van der Waals surface area contributed by atoms with Crippen LogP contribution in [0.3, 0.4) is 0 Å². The molecule has 0 fully saturated rings. The van der Waals surface area contributed by atoms with Gasteiger partial charge in [0, 0.05) is 5.92 Å². The first kappa shape index (κ1) is 13.3. The SMILES string of the molecule is CCC(CC)[C@@H](c1cc(C)co1)C(C)(C)C. The first-order chi connectivity index (χ1) is 7.40. The predicted octanol–water partition coefficient (Wildman–Crippen LogP) is 5.15. The molecular weight excluding hydrogens is 196 g/mol. The van der Waals surface area contributed by atoms with Crippen LogP contribution < -0.4 is 0 Å². The van der Waals surface area contributed by atoms with Gasteiger partial charge in [0.1, 0.15) is 5.76 Å². The summed E-state index contributed by atoms with van der Waals surface area (Å²) in [5.41, 5.74) is 1.50. The van der Waals surface area contributed by atoms with Gasteiger partial charge in [-0.05, 0) is 29.9 Å². The van der Waals surface area contributed by atoms with Crippen molar-refractivity contribution in [2.75, 3.05) is 0 Å². The Bertz CT molecular complexity index is 312. The second-order valence-electron chi connectivity index (χ2n) is 5.95. The van der Waals surface area contributed by atoms with Crippen molar-refractivity contribution in [3.63, 3.8) is 0 Å². The quantitative estimate of drug-likeness (QED) is 0.686. The number of rotatable bonds is 4. The summed E-state index contributed by atoms with van der Waals surface area (Å²) >= 11 is 0. The van der Waals surface area contributed by atoms with Crippen molar-refractivity contribution in [1.82, 2.24) is 0 Å². The Labute approximate surface area is 100 Å². The van der Waals surface area contributed by atoms with Gasteiger partial charge in [-0.3, -0.25) is 0 Å². The van der Waals surface area contributed by atoms with E-state index in [1.165, 1.54) is 24.2 Å². The van der Waals surface area contributed by atoms with E-state index in [0.29, 0.717) is 11.8 Å². The molecule has 0 aliphatic rings. The maximum atomic E-state index is 5.74. The van der Waals surface area contributed by atoms with Crippen molar-refractivity contribution in [2.45, 2.75) is 60.3 Å². The van der Waals surface area contributed by atoms with Gasteiger partial charge < -0.3 is 4.42 Å². The third-order valence-electron chi connectivity index (χ3n) is 3.51. The van der Waals surface area contributed by atoms with Crippen LogP contribution >= 0.6 is 0 Å². The number of hydrogen-bond acceptors (Lipinski definition) is 1. The molecule has 1 atom stereocenters. The van der Waals surface area contributed by atoms with E-state index in [0.717, 1.165) is 0 Å². The smallest absolute Gasteiger partial charge is 0.107 e. The van der Waals surface area contributed by atoms with Crippen LogP contribution in [0.1, 0.15) is 64.7 Å². The topological polar surface area (TPSA) is 13.1 Å². The summed E-state index contributed by atoms with van der Waals surface area (Å²) in [6, 6.07) is 2.20. The van der Waals surface area contributed by atoms with Crippen LogP contribution in [0, 0.1) is 18.3 Å². The highest BCUT2D eigenvalue weighted by atomic mass is 16.3. The van der Waals surface area contributed by atoms with Gasteiger partial charge in [0.25, 0.3) is 0 Å². The van der Waals surface area contributed by atoms with Crippen LogP contribution in [0.15, 0.2) is 16.7 Å². The van der Waals surface area contributed by atoms with E-state index in [4.69, 9.17) is 4.42 Å². The molecule has 0 aliphatic carbocycles. The lowest BCUT2D eigenvalue weighted by atomic mass is 9.70. The first-order valence-electron chi connectivity index (χ1n) is 6.45. The molecule has 0 N–H and O–H groups in total. The Morgan fingerprint density at radius 2 is 1.75 bits per heavy atom. The summed E-state index contributed by atoms with van der Waals surface area (Å²) in [7, 11) is 0. The molecule has 0 bridgehead atoms. The monoisotopic (exact) mass is 222 g/mol. The highest BCUT2D eigenvalue weighted by Crippen LogP contribution is 2.43. The average Bonchev–Trinajstić information content (AvgIpc) is 2.58. The molecule has 0 aromatic carbocycles. The molecule has 0 aliphatic heterocycles. The molecular formula is C15H26O. The minimum atomic E-state index is 0.265. The van der Waals surface area contributed by atoms with Crippen molar-refractivity contribution in [3.05, 3.63) is 23.7 Å². The maximum absolute atomic E-state index is 5.74. The molecule has 0 radical (unpaired) electrons. The molecule has 0 amide bonds. The second-order valence-corrected chi connectivity index (χ2v) is 5.95. The lowest BCUT2D eigenvalue weighted by Crippen LogP contribution is -2.25. The zero-order chi connectivity index (χ0) is 12.3. The van der Waals surface area contributed by atoms with Gasteiger partial charge in [-0.2, -0.15) is 0 Å². The van der Waals surface area contributed by atoms with Crippen LogP contribution in [-0.4, -0.2) is 0 Å². The number of furan rings is 1. The van der Waals surface area contributed by atoms with Crippen molar-refractivity contribution in [3.8, 4) is 0 Å². The average molecular weight is 222 g/mol. The van der Waals surface area contributed by atoms with E-state index < -0.39 is 0 Å². The van der Waals surface area contributed by atoms with Crippen LogP contribution in [0.4, 0.5) is 0 Å². The standard InChI is InChI=1S/C15H26O/c1-7-12(8-2)14(15(4,5)6)13-9-11(3)10-16-13/h9-10,12,14H,7-8H2,1-6H3/t14-/m0/s1. The highest BCUT2D eigenvalue weighted by molar-refractivity contribution is 5.17. The first-order valence-corrected chi connectivity index (χ1v) is 6.45. The minimum absolute atomic E-state index is 0.265. The molecule has 16 heavy (non-hydrogen) atoms. The van der Waals surface area contributed by atoms with Gasteiger partial charge in [-0.15, -0.1) is 0 Å². The molecule has 0 saturated carbocycles. The van der Waals surface area contributed by atoms with E-state index >= 15 is 0 Å². The van der Waals surface area contributed by atoms with Crippen LogP contribution in [0.2, 0.25) is 0 Å². The zero-order valence-electron chi connectivity index (χ0n) is 11.6. The Balaban J connectivity index is 3.05. The van der Waals surface area contributed by atoms with Gasteiger partial charge in [-0.1, -0.05) is 47.5 Å². The Morgan fingerprint density at radius 1 is 1.19 bits per heavy atom. The Morgan fingerprint density at radius 3 is 2.06 bits per heavy atom. The fourth-order valence-corrected chi connectivity index (χ4v) is 2.74. The summed E-state index contributed by atoms with van der Waals surface area (Å²) in [6.45, 7) is 13.6. The van der Waals surface area contributed by atoms with Crippen molar-refractivity contribution < 1.29 is 4.42 Å². The van der Waals surface area contributed by atoms with Gasteiger partial charge in [-0.25, -0.2) is 0 Å². The summed E-state index contributed by atoms with van der Waals surface area (Å²) in [5, 5.41) is 0. The molecule has 1 rings (SSSR count). The van der Waals surface area contributed by atoms with Crippen LogP contribution in [-0.2, 0) is 0 Å². The molecule has 1 aromatic heterocycles.